The van der Waals surface area contributed by atoms with E-state index in [9.17, 15) is 34.6 Å². The lowest BCUT2D eigenvalue weighted by Crippen LogP contribution is -2.35. The van der Waals surface area contributed by atoms with Crippen molar-refractivity contribution in [3.8, 4) is 12.1 Å². The van der Waals surface area contributed by atoms with Crippen molar-refractivity contribution < 1.29 is 42.6 Å². The number of nitriles is 2. The Morgan fingerprint density at radius 2 is 1.60 bits per heavy atom. The average molecular weight is 813 g/mol. The molecule has 3 aromatic rings. The van der Waals surface area contributed by atoms with Gasteiger partial charge in [-0.2, -0.15) is 15.6 Å². The summed E-state index contributed by atoms with van der Waals surface area (Å²) < 4.78 is 51.2. The van der Waals surface area contributed by atoms with Gasteiger partial charge in [-0.25, -0.2) is 18.5 Å². The normalized spacial score (nSPS) is 24.2. The van der Waals surface area contributed by atoms with Crippen LogP contribution >= 0.6 is 7.82 Å². The first kappa shape index (κ1) is 44.6. The molecular weight excluding hydrogens is 754 g/mol. The lowest BCUT2D eigenvalue weighted by molar-refractivity contribution is -0.0769. The minimum Gasteiger partial charge on any atom is -0.387 e. The minimum absolute atomic E-state index is 0.0810. The predicted molar refractivity (Wildman–Crippen MR) is 210 cm³/mol. The number of fused-ring (bicyclic) bond motifs is 2. The largest absolute Gasteiger partial charge is 0.472 e. The molecule has 2 aliphatic rings. The van der Waals surface area contributed by atoms with Crippen LogP contribution in [0.5, 0.6) is 0 Å². The summed E-state index contributed by atoms with van der Waals surface area (Å²) in [6.07, 6.45) is 17.1. The second-order valence-corrected chi connectivity index (χ2v) is 16.9. The SMILES string of the molecule is CCCCCCCCCCCCCCCCCCC[C@@H](COP(=O)(O)OC1[C@@]2(C#N)O[C@@H](c3ccc4c(N)ncnn34)[C@H](O)[C@@]12O)OCc1cc(F)cc(C#N)c1. The lowest BCUT2D eigenvalue weighted by Gasteiger charge is -2.24. The molecule has 5 rings (SSSR count). The molecule has 0 radical (unpaired) electrons. The number of benzene rings is 1. The summed E-state index contributed by atoms with van der Waals surface area (Å²) in [4.78, 5) is 14.7. The molecule has 0 spiro atoms. The molecule has 1 aromatic carbocycles. The zero-order valence-corrected chi connectivity index (χ0v) is 33.8. The van der Waals surface area contributed by atoms with Crippen LogP contribution < -0.4 is 5.73 Å². The van der Waals surface area contributed by atoms with Crippen LogP contribution in [-0.2, 0) is 29.7 Å². The van der Waals surface area contributed by atoms with Crippen molar-refractivity contribution in [2.45, 2.75) is 165 Å². The van der Waals surface area contributed by atoms with Gasteiger partial charge in [-0.05, 0) is 42.3 Å². The van der Waals surface area contributed by atoms with Crippen LogP contribution in [0.1, 0.15) is 145 Å². The maximum absolute atomic E-state index is 14.1. The number of ether oxygens (including phenoxy) is 2. The van der Waals surface area contributed by atoms with Gasteiger partial charge in [0.15, 0.2) is 17.5 Å². The Hall–Kier alpha value is -3.50. The van der Waals surface area contributed by atoms with Crippen LogP contribution in [0, 0.1) is 28.5 Å². The fraction of sp³-hybridized carbons (Fsp3) is 0.659. The van der Waals surface area contributed by atoms with E-state index in [0.29, 0.717) is 17.5 Å². The number of rotatable bonds is 27. The summed E-state index contributed by atoms with van der Waals surface area (Å²) in [5.41, 5.74) is 2.60. The van der Waals surface area contributed by atoms with Crippen molar-refractivity contribution in [1.82, 2.24) is 14.6 Å². The average Bonchev–Trinajstić information content (AvgIpc) is 3.42. The number of nitrogens with two attached hydrogens (primary N) is 1. The molecule has 2 aromatic heterocycles. The smallest absolute Gasteiger partial charge is 0.387 e. The maximum atomic E-state index is 14.1. The molecule has 5 N–H and O–H groups in total. The van der Waals surface area contributed by atoms with E-state index in [1.165, 1.54) is 106 Å². The molecule has 1 saturated heterocycles. The van der Waals surface area contributed by atoms with Crippen molar-refractivity contribution in [1.29, 1.82) is 10.5 Å². The van der Waals surface area contributed by atoms with E-state index < -0.39 is 55.9 Å². The summed E-state index contributed by atoms with van der Waals surface area (Å²) in [5, 5.41) is 46.0. The van der Waals surface area contributed by atoms with Gasteiger partial charge in [-0.3, -0.25) is 9.05 Å². The first-order chi connectivity index (χ1) is 27.5. The minimum atomic E-state index is -4.97. The molecular formula is C41H58FN6O8P. The number of aromatic nitrogens is 3. The van der Waals surface area contributed by atoms with E-state index in [1.54, 1.807) is 12.1 Å². The van der Waals surface area contributed by atoms with Crippen LogP contribution in [0.2, 0.25) is 0 Å². The quantitative estimate of drug-likeness (QED) is 0.0426. The third kappa shape index (κ3) is 11.2. The number of nitrogens with zero attached hydrogens (tertiary/aromatic N) is 5. The number of hydrogen-bond donors (Lipinski definition) is 4. The first-order valence-corrected chi connectivity index (χ1v) is 22.0. The van der Waals surface area contributed by atoms with Gasteiger partial charge in [-0.15, -0.1) is 0 Å². The zero-order chi connectivity index (χ0) is 40.9. The summed E-state index contributed by atoms with van der Waals surface area (Å²) in [7, 11) is -4.97. The highest BCUT2D eigenvalue weighted by atomic mass is 31.2. The molecule has 57 heavy (non-hydrogen) atoms. The number of halogens is 1. The first-order valence-electron chi connectivity index (χ1n) is 20.5. The fourth-order valence-electron chi connectivity index (χ4n) is 7.85. The number of aliphatic hydroxyl groups is 2. The molecule has 2 unspecified atom stereocenters. The van der Waals surface area contributed by atoms with Crippen molar-refractivity contribution in [3.05, 3.63) is 59.3 Å². The molecule has 1 saturated carbocycles. The van der Waals surface area contributed by atoms with Crippen LogP contribution in [-0.4, -0.2) is 65.8 Å². The molecule has 0 amide bonds. The van der Waals surface area contributed by atoms with Crippen LogP contribution in [0.3, 0.4) is 0 Å². The molecule has 1 aliphatic heterocycles. The Bertz CT molecular complexity index is 1890. The number of phosphoric acid groups is 1. The highest BCUT2D eigenvalue weighted by Crippen LogP contribution is 2.68. The van der Waals surface area contributed by atoms with E-state index >= 15 is 0 Å². The molecule has 312 valence electrons. The summed E-state index contributed by atoms with van der Waals surface area (Å²) in [6.45, 7) is 1.77. The molecule has 14 nitrogen and oxygen atoms in total. The number of nitrogen functional groups attached to an aromatic ring is 1. The number of unbranched alkanes of at least 4 members (excludes halogenated alkanes) is 16. The Morgan fingerprint density at radius 1 is 0.982 bits per heavy atom. The Labute approximate surface area is 334 Å². The fourth-order valence-corrected chi connectivity index (χ4v) is 8.84. The van der Waals surface area contributed by atoms with Gasteiger partial charge >= 0.3 is 7.82 Å². The highest BCUT2D eigenvalue weighted by Gasteiger charge is 2.90. The van der Waals surface area contributed by atoms with Gasteiger partial charge in [-0.1, -0.05) is 116 Å². The molecule has 2 fully saturated rings. The second kappa shape index (κ2) is 21.0. The van der Waals surface area contributed by atoms with Crippen molar-refractivity contribution in [2.75, 3.05) is 12.3 Å². The van der Waals surface area contributed by atoms with Crippen LogP contribution in [0.25, 0.3) is 5.52 Å². The standard InChI is InChI=1S/C41H58FN6O8P/c1-2-3-4-5-6-7-8-9-10-11-12-13-14-15-16-17-18-19-33(53-26-31-22-30(25-43)23-32(42)24-31)27-54-57(51,52)56-39-40(28-44)41(39,50)37(49)36(55-40)34-20-21-35-38(45)46-29-47-48(34)35/h20-24,29,33,36-37,39,49-50H,2-19,26-27H2,1H3,(H,51,52)(H2,45,46,47)/t33-,36-,37-,39?,40+,41+/m0/s1. The van der Waals surface area contributed by atoms with Gasteiger partial charge in [0, 0.05) is 0 Å². The summed E-state index contributed by atoms with van der Waals surface area (Å²) in [6, 6.07) is 10.7. The molecule has 1 aliphatic carbocycles. The third-order valence-corrected chi connectivity index (χ3v) is 12.1. The lowest BCUT2D eigenvalue weighted by atomic mass is 10.0. The topological polar surface area (TPSA) is 218 Å². The maximum Gasteiger partial charge on any atom is 0.472 e. The Kier molecular flexibility index (Phi) is 16.4. The van der Waals surface area contributed by atoms with E-state index in [2.05, 4.69) is 17.0 Å². The Balaban J connectivity index is 1.07. The van der Waals surface area contributed by atoms with E-state index in [-0.39, 0.29) is 23.7 Å². The van der Waals surface area contributed by atoms with Crippen LogP contribution in [0.4, 0.5) is 10.2 Å². The number of phosphoric ester groups is 1. The number of aliphatic hydroxyl groups excluding tert-OH is 1. The summed E-state index contributed by atoms with van der Waals surface area (Å²) >= 11 is 0. The molecule has 3 heterocycles. The number of hydrogen-bond acceptors (Lipinski definition) is 12. The monoisotopic (exact) mass is 812 g/mol. The van der Waals surface area contributed by atoms with Crippen molar-refractivity contribution in [2.24, 2.45) is 0 Å². The Morgan fingerprint density at radius 3 is 2.18 bits per heavy atom. The van der Waals surface area contributed by atoms with Gasteiger partial charge in [0.1, 0.15) is 35.9 Å². The van der Waals surface area contributed by atoms with E-state index in [0.717, 1.165) is 31.7 Å². The van der Waals surface area contributed by atoms with E-state index in [1.807, 2.05) is 12.1 Å². The molecule has 0 bridgehead atoms. The predicted octanol–water partition coefficient (Wildman–Crippen LogP) is 7.89. The van der Waals surface area contributed by atoms with Crippen molar-refractivity contribution >= 4 is 19.2 Å². The van der Waals surface area contributed by atoms with E-state index in [4.69, 9.17) is 24.3 Å². The van der Waals surface area contributed by atoms with Crippen LogP contribution in [0.15, 0.2) is 36.7 Å². The zero-order valence-electron chi connectivity index (χ0n) is 32.9. The summed E-state index contributed by atoms with van der Waals surface area (Å²) in [5.74, 6) is -0.423. The highest BCUT2D eigenvalue weighted by molar-refractivity contribution is 7.47. The number of anilines is 1. The molecule has 16 heteroatoms. The third-order valence-electron chi connectivity index (χ3n) is 11.2. The van der Waals surface area contributed by atoms with Gasteiger partial charge in [0.25, 0.3) is 0 Å². The molecule has 7 atom stereocenters. The van der Waals surface area contributed by atoms with Gasteiger partial charge in [0.05, 0.1) is 36.6 Å². The van der Waals surface area contributed by atoms with Gasteiger partial charge < -0.3 is 30.3 Å². The van der Waals surface area contributed by atoms with Gasteiger partial charge in [0.2, 0.25) is 5.60 Å². The second-order valence-electron chi connectivity index (χ2n) is 15.4. The van der Waals surface area contributed by atoms with Crippen molar-refractivity contribution in [3.63, 3.8) is 0 Å².